The molecule has 0 unspecified atom stereocenters. The highest BCUT2D eigenvalue weighted by Gasteiger charge is 2.24. The van der Waals surface area contributed by atoms with Crippen molar-refractivity contribution in [2.45, 2.75) is 45.6 Å². The summed E-state index contributed by atoms with van der Waals surface area (Å²) in [4.78, 5) is 17.0. The highest BCUT2D eigenvalue weighted by atomic mass is 35.5. The molecule has 0 aliphatic carbocycles. The summed E-state index contributed by atoms with van der Waals surface area (Å²) in [6.45, 7) is 9.30. The van der Waals surface area contributed by atoms with Crippen molar-refractivity contribution >= 4 is 36.4 Å². The number of hydrogen-bond donors (Lipinski definition) is 1. The summed E-state index contributed by atoms with van der Waals surface area (Å²) in [5, 5.41) is 0. The van der Waals surface area contributed by atoms with E-state index in [9.17, 15) is 4.79 Å². The van der Waals surface area contributed by atoms with Crippen molar-refractivity contribution in [3.05, 3.63) is 29.8 Å². The van der Waals surface area contributed by atoms with Crippen LogP contribution in [0.3, 0.4) is 0 Å². The molecule has 0 spiro atoms. The Kier molecular flexibility index (Phi) is 13.5. The van der Waals surface area contributed by atoms with Gasteiger partial charge in [-0.05, 0) is 63.4 Å². The Hall–Kier alpha value is -1.01. The normalized spacial score (nSPS) is 14.3. The van der Waals surface area contributed by atoms with Gasteiger partial charge in [-0.1, -0.05) is 6.92 Å². The summed E-state index contributed by atoms with van der Waals surface area (Å²) in [5.74, 6) is 0.130. The molecular weight excluding hydrogens is 385 g/mol. The zero-order chi connectivity index (χ0) is 18.1. The predicted octanol–water partition coefficient (Wildman–Crippen LogP) is 3.74. The molecule has 1 aliphatic rings. The molecule has 1 saturated heterocycles. The van der Waals surface area contributed by atoms with E-state index in [1.165, 1.54) is 5.69 Å². The van der Waals surface area contributed by atoms with Crippen LogP contribution in [0, 0.1) is 0 Å². The molecule has 0 bridgehead atoms. The van der Waals surface area contributed by atoms with Gasteiger partial charge in [0.05, 0.1) is 6.10 Å². The van der Waals surface area contributed by atoms with Crippen LogP contribution in [0.15, 0.2) is 24.3 Å². The first kappa shape index (κ1) is 26.0. The summed E-state index contributed by atoms with van der Waals surface area (Å²) in [5.41, 5.74) is 7.45. The van der Waals surface area contributed by atoms with E-state index in [1.807, 2.05) is 17.0 Å². The maximum absolute atomic E-state index is 12.7. The van der Waals surface area contributed by atoms with Gasteiger partial charge < -0.3 is 20.3 Å². The molecule has 1 fully saturated rings. The number of piperidine rings is 1. The fourth-order valence-electron chi connectivity index (χ4n) is 3.30. The first-order chi connectivity index (χ1) is 12.2. The molecule has 2 N–H and O–H groups in total. The first-order valence-corrected chi connectivity index (χ1v) is 9.65. The van der Waals surface area contributed by atoms with E-state index < -0.39 is 0 Å². The summed E-state index contributed by atoms with van der Waals surface area (Å²) in [6.07, 6.45) is 4.11. The number of amides is 1. The lowest BCUT2D eigenvalue weighted by atomic mass is 10.1. The number of halogens is 2. The SMILES string of the molecule is CCCN(CC)c1ccc(C(=O)N2CCC(OCCCN)CC2)cc1.Cl.Cl. The maximum Gasteiger partial charge on any atom is 0.253 e. The van der Waals surface area contributed by atoms with Crippen LogP contribution < -0.4 is 10.6 Å². The third-order valence-corrected chi connectivity index (χ3v) is 4.79. The second kappa shape index (κ2) is 14.1. The number of rotatable bonds is 9. The average molecular weight is 420 g/mol. The summed E-state index contributed by atoms with van der Waals surface area (Å²) < 4.78 is 5.81. The molecule has 0 saturated carbocycles. The lowest BCUT2D eigenvalue weighted by Crippen LogP contribution is -2.41. The van der Waals surface area contributed by atoms with E-state index in [2.05, 4.69) is 30.9 Å². The minimum Gasteiger partial charge on any atom is -0.378 e. The van der Waals surface area contributed by atoms with Gasteiger partial charge in [-0.25, -0.2) is 0 Å². The standard InChI is InChI=1S/C20H33N3O2.2ClH/c1-3-13-22(4-2)18-8-6-17(7-9-18)20(24)23-14-10-19(11-15-23)25-16-5-12-21;;/h6-9,19H,3-5,10-16,21H2,1-2H3;2*1H. The second-order valence-corrected chi connectivity index (χ2v) is 6.63. The molecule has 156 valence electrons. The molecule has 0 atom stereocenters. The fraction of sp³-hybridized carbons (Fsp3) is 0.650. The summed E-state index contributed by atoms with van der Waals surface area (Å²) in [7, 11) is 0. The number of ether oxygens (including phenoxy) is 1. The lowest BCUT2D eigenvalue weighted by molar-refractivity contribution is 0.00845. The number of likely N-dealkylation sites (tertiary alicyclic amines) is 1. The Balaban J connectivity index is 0.00000338. The van der Waals surface area contributed by atoms with E-state index in [4.69, 9.17) is 10.5 Å². The van der Waals surface area contributed by atoms with Crippen LogP contribution in [-0.2, 0) is 4.74 Å². The molecule has 5 nitrogen and oxygen atoms in total. The van der Waals surface area contributed by atoms with Crippen LogP contribution in [0.2, 0.25) is 0 Å². The van der Waals surface area contributed by atoms with Crippen molar-refractivity contribution < 1.29 is 9.53 Å². The molecule has 1 amide bonds. The zero-order valence-corrected chi connectivity index (χ0v) is 18.2. The monoisotopic (exact) mass is 419 g/mol. The van der Waals surface area contributed by atoms with Crippen molar-refractivity contribution in [2.75, 3.05) is 44.2 Å². The summed E-state index contributed by atoms with van der Waals surface area (Å²) >= 11 is 0. The minimum absolute atomic E-state index is 0. The fourth-order valence-corrected chi connectivity index (χ4v) is 3.30. The molecule has 0 aromatic heterocycles. The second-order valence-electron chi connectivity index (χ2n) is 6.63. The van der Waals surface area contributed by atoms with Crippen molar-refractivity contribution in [1.29, 1.82) is 0 Å². The highest BCUT2D eigenvalue weighted by Crippen LogP contribution is 2.19. The van der Waals surface area contributed by atoms with E-state index in [-0.39, 0.29) is 36.8 Å². The molecule has 1 aromatic rings. The van der Waals surface area contributed by atoms with E-state index in [0.717, 1.165) is 64.0 Å². The van der Waals surface area contributed by atoms with E-state index in [0.29, 0.717) is 6.54 Å². The quantitative estimate of drug-likeness (QED) is 0.619. The first-order valence-electron chi connectivity index (χ1n) is 9.65. The molecule has 0 radical (unpaired) electrons. The number of hydrogen-bond acceptors (Lipinski definition) is 4. The zero-order valence-electron chi connectivity index (χ0n) is 16.6. The minimum atomic E-state index is 0. The van der Waals surface area contributed by atoms with Crippen molar-refractivity contribution in [1.82, 2.24) is 4.90 Å². The van der Waals surface area contributed by atoms with Crippen molar-refractivity contribution in [3.63, 3.8) is 0 Å². The number of carbonyl (C=O) groups excluding carboxylic acids is 1. The number of benzene rings is 1. The lowest BCUT2D eigenvalue weighted by Gasteiger charge is -2.32. The Morgan fingerprint density at radius 3 is 2.33 bits per heavy atom. The van der Waals surface area contributed by atoms with Gasteiger partial charge in [0.2, 0.25) is 0 Å². The number of nitrogens with two attached hydrogens (primary N) is 1. The predicted molar refractivity (Wildman–Crippen MR) is 118 cm³/mol. The van der Waals surface area contributed by atoms with Crippen LogP contribution >= 0.6 is 24.8 Å². The van der Waals surface area contributed by atoms with E-state index >= 15 is 0 Å². The van der Waals surface area contributed by atoms with Gasteiger partial charge in [-0.15, -0.1) is 24.8 Å². The van der Waals surface area contributed by atoms with Gasteiger partial charge in [-0.2, -0.15) is 0 Å². The Morgan fingerprint density at radius 1 is 1.19 bits per heavy atom. The van der Waals surface area contributed by atoms with Gasteiger partial charge in [0.25, 0.3) is 5.91 Å². The van der Waals surface area contributed by atoms with Gasteiger partial charge in [0, 0.05) is 44.0 Å². The topological polar surface area (TPSA) is 58.8 Å². The van der Waals surface area contributed by atoms with Crippen LogP contribution in [0.4, 0.5) is 5.69 Å². The molecule has 1 aromatic carbocycles. The van der Waals surface area contributed by atoms with E-state index in [1.54, 1.807) is 0 Å². The molecule has 1 heterocycles. The molecular formula is C20H35Cl2N3O2. The molecule has 7 heteroatoms. The number of carbonyl (C=O) groups is 1. The molecule has 1 aliphatic heterocycles. The van der Waals surface area contributed by atoms with Crippen LogP contribution in [-0.4, -0.2) is 56.2 Å². The van der Waals surface area contributed by atoms with Crippen molar-refractivity contribution in [3.8, 4) is 0 Å². The Bertz CT molecular complexity index is 520. The maximum atomic E-state index is 12.7. The Labute approximate surface area is 176 Å². The van der Waals surface area contributed by atoms with Gasteiger partial charge in [0.1, 0.15) is 0 Å². The Morgan fingerprint density at radius 2 is 1.81 bits per heavy atom. The average Bonchev–Trinajstić information content (AvgIpc) is 2.66. The third-order valence-electron chi connectivity index (χ3n) is 4.79. The molecule has 2 rings (SSSR count). The highest BCUT2D eigenvalue weighted by molar-refractivity contribution is 5.94. The third kappa shape index (κ3) is 7.86. The van der Waals surface area contributed by atoms with Gasteiger partial charge >= 0.3 is 0 Å². The number of nitrogens with zero attached hydrogens (tertiary/aromatic N) is 2. The van der Waals surface area contributed by atoms with Gasteiger partial charge in [0.15, 0.2) is 0 Å². The van der Waals surface area contributed by atoms with Gasteiger partial charge in [-0.3, -0.25) is 4.79 Å². The van der Waals surface area contributed by atoms with Crippen molar-refractivity contribution in [2.24, 2.45) is 5.73 Å². The summed E-state index contributed by atoms with van der Waals surface area (Å²) in [6, 6.07) is 8.05. The van der Waals surface area contributed by atoms with Crippen LogP contribution in [0.1, 0.15) is 49.9 Å². The smallest absolute Gasteiger partial charge is 0.253 e. The van der Waals surface area contributed by atoms with Crippen LogP contribution in [0.25, 0.3) is 0 Å². The number of anilines is 1. The van der Waals surface area contributed by atoms with Crippen LogP contribution in [0.5, 0.6) is 0 Å². The largest absolute Gasteiger partial charge is 0.378 e. The molecule has 27 heavy (non-hydrogen) atoms.